The maximum atomic E-state index is 10.8. The van der Waals surface area contributed by atoms with E-state index in [-0.39, 0.29) is 12.3 Å². The van der Waals surface area contributed by atoms with Gasteiger partial charge in [0.05, 0.1) is 23.1 Å². The largest absolute Gasteiger partial charge is 0.497 e. The minimum Gasteiger partial charge on any atom is -0.497 e. The Hall–Kier alpha value is -3.09. The van der Waals surface area contributed by atoms with Crippen molar-refractivity contribution >= 4 is 16.7 Å². The highest BCUT2D eigenvalue weighted by Gasteiger charge is 2.09. The fourth-order valence-corrected chi connectivity index (χ4v) is 2.06. The first-order chi connectivity index (χ1) is 10.7. The molecule has 7 heteroatoms. The Balaban J connectivity index is 1.74. The van der Waals surface area contributed by atoms with Crippen LogP contribution >= 0.6 is 0 Å². The number of nitro groups is 1. The van der Waals surface area contributed by atoms with Crippen LogP contribution in [0.1, 0.15) is 5.82 Å². The Labute approximate surface area is 125 Å². The Morgan fingerprint density at radius 1 is 1.18 bits per heavy atom. The molecule has 0 fully saturated rings. The molecular weight excluding hydrogens is 286 g/mol. The van der Waals surface area contributed by atoms with Crippen molar-refractivity contribution in [1.82, 2.24) is 9.97 Å². The second-order valence-corrected chi connectivity index (χ2v) is 4.61. The SMILES string of the molecule is COc1ccc(OCc2nc3ccc([N+](=O)[O-])cc3[nH]2)cc1. The van der Waals surface area contributed by atoms with E-state index in [2.05, 4.69) is 9.97 Å². The molecule has 3 aromatic rings. The van der Waals surface area contributed by atoms with Crippen molar-refractivity contribution in [2.45, 2.75) is 6.61 Å². The van der Waals surface area contributed by atoms with Gasteiger partial charge in [0.15, 0.2) is 0 Å². The van der Waals surface area contributed by atoms with Gasteiger partial charge >= 0.3 is 0 Å². The molecule has 0 aliphatic heterocycles. The molecule has 2 aromatic carbocycles. The van der Waals surface area contributed by atoms with Crippen LogP contribution in [0.15, 0.2) is 42.5 Å². The van der Waals surface area contributed by atoms with Crippen molar-refractivity contribution in [2.75, 3.05) is 7.11 Å². The van der Waals surface area contributed by atoms with Crippen LogP contribution in [0.3, 0.4) is 0 Å². The van der Waals surface area contributed by atoms with Gasteiger partial charge in [-0.15, -0.1) is 0 Å². The predicted molar refractivity (Wildman–Crippen MR) is 80.1 cm³/mol. The molecule has 3 rings (SSSR count). The van der Waals surface area contributed by atoms with Gasteiger partial charge in [-0.1, -0.05) is 0 Å². The van der Waals surface area contributed by atoms with E-state index in [4.69, 9.17) is 9.47 Å². The molecule has 0 aliphatic rings. The van der Waals surface area contributed by atoms with Gasteiger partial charge in [-0.25, -0.2) is 4.98 Å². The molecule has 0 saturated heterocycles. The monoisotopic (exact) mass is 299 g/mol. The van der Waals surface area contributed by atoms with E-state index in [1.165, 1.54) is 12.1 Å². The highest BCUT2D eigenvalue weighted by atomic mass is 16.6. The molecule has 22 heavy (non-hydrogen) atoms. The normalized spacial score (nSPS) is 10.6. The molecule has 0 unspecified atom stereocenters. The van der Waals surface area contributed by atoms with E-state index < -0.39 is 4.92 Å². The molecule has 7 nitrogen and oxygen atoms in total. The van der Waals surface area contributed by atoms with Crippen LogP contribution in [0, 0.1) is 10.1 Å². The highest BCUT2D eigenvalue weighted by molar-refractivity contribution is 5.77. The van der Waals surface area contributed by atoms with Gasteiger partial charge < -0.3 is 14.5 Å². The zero-order chi connectivity index (χ0) is 15.5. The summed E-state index contributed by atoms with van der Waals surface area (Å²) in [7, 11) is 1.60. The van der Waals surface area contributed by atoms with Crippen molar-refractivity contribution in [3.8, 4) is 11.5 Å². The molecule has 112 valence electrons. The summed E-state index contributed by atoms with van der Waals surface area (Å²) in [6, 6.07) is 11.7. The predicted octanol–water partition coefficient (Wildman–Crippen LogP) is 3.06. The van der Waals surface area contributed by atoms with Crippen LogP contribution in [0.4, 0.5) is 5.69 Å². The maximum absolute atomic E-state index is 10.8. The highest BCUT2D eigenvalue weighted by Crippen LogP contribution is 2.21. The van der Waals surface area contributed by atoms with Gasteiger partial charge in [0.2, 0.25) is 0 Å². The molecule has 0 amide bonds. The summed E-state index contributed by atoms with van der Waals surface area (Å²) in [5, 5.41) is 10.8. The molecule has 0 bridgehead atoms. The van der Waals surface area contributed by atoms with Crippen LogP contribution in [-0.4, -0.2) is 22.0 Å². The van der Waals surface area contributed by atoms with Crippen molar-refractivity contribution in [3.63, 3.8) is 0 Å². The minimum atomic E-state index is -0.437. The molecule has 1 heterocycles. The number of nitrogens with one attached hydrogen (secondary N) is 1. The second-order valence-electron chi connectivity index (χ2n) is 4.61. The summed E-state index contributed by atoms with van der Waals surface area (Å²) < 4.78 is 10.7. The van der Waals surface area contributed by atoms with E-state index in [0.29, 0.717) is 22.6 Å². The van der Waals surface area contributed by atoms with Gasteiger partial charge in [-0.3, -0.25) is 10.1 Å². The second kappa shape index (κ2) is 5.72. The molecule has 0 atom stereocenters. The fraction of sp³-hybridized carbons (Fsp3) is 0.133. The zero-order valence-electron chi connectivity index (χ0n) is 11.8. The number of H-pyrrole nitrogens is 1. The third kappa shape index (κ3) is 2.83. The van der Waals surface area contributed by atoms with Gasteiger partial charge in [-0.05, 0) is 30.3 Å². The number of nitrogens with zero attached hydrogens (tertiary/aromatic N) is 2. The quantitative estimate of drug-likeness (QED) is 0.577. The lowest BCUT2D eigenvalue weighted by Crippen LogP contribution is -1.97. The Morgan fingerprint density at radius 2 is 1.91 bits per heavy atom. The lowest BCUT2D eigenvalue weighted by molar-refractivity contribution is -0.384. The van der Waals surface area contributed by atoms with E-state index >= 15 is 0 Å². The summed E-state index contributed by atoms with van der Waals surface area (Å²) in [5.41, 5.74) is 1.31. The summed E-state index contributed by atoms with van der Waals surface area (Å²) >= 11 is 0. The van der Waals surface area contributed by atoms with Crippen LogP contribution in [-0.2, 0) is 6.61 Å². The Morgan fingerprint density at radius 3 is 2.59 bits per heavy atom. The lowest BCUT2D eigenvalue weighted by Gasteiger charge is -2.05. The molecule has 1 N–H and O–H groups in total. The zero-order valence-corrected chi connectivity index (χ0v) is 11.8. The van der Waals surface area contributed by atoms with E-state index in [9.17, 15) is 10.1 Å². The molecule has 0 spiro atoms. The first-order valence-corrected chi connectivity index (χ1v) is 6.55. The molecular formula is C15H13N3O4. The number of methoxy groups -OCH3 is 1. The average molecular weight is 299 g/mol. The van der Waals surface area contributed by atoms with Crippen molar-refractivity contribution < 1.29 is 14.4 Å². The Kier molecular flexibility index (Phi) is 3.61. The summed E-state index contributed by atoms with van der Waals surface area (Å²) in [6.45, 7) is 0.245. The topological polar surface area (TPSA) is 90.3 Å². The number of imidazole rings is 1. The number of benzene rings is 2. The average Bonchev–Trinajstić information content (AvgIpc) is 2.95. The minimum absolute atomic E-state index is 0.0266. The summed E-state index contributed by atoms with van der Waals surface area (Å²) in [5.74, 6) is 2.04. The number of ether oxygens (including phenoxy) is 2. The third-order valence-corrected chi connectivity index (χ3v) is 3.16. The number of hydrogen-bond acceptors (Lipinski definition) is 5. The number of aromatic nitrogens is 2. The molecule has 1 aromatic heterocycles. The van der Waals surface area contributed by atoms with Crippen LogP contribution in [0.25, 0.3) is 11.0 Å². The van der Waals surface area contributed by atoms with Gasteiger partial charge in [0.25, 0.3) is 5.69 Å². The number of non-ortho nitro benzene ring substituents is 1. The number of nitro benzene ring substituents is 1. The van der Waals surface area contributed by atoms with E-state index in [0.717, 1.165) is 5.75 Å². The summed E-state index contributed by atoms with van der Waals surface area (Å²) in [6.07, 6.45) is 0. The maximum Gasteiger partial charge on any atom is 0.271 e. The van der Waals surface area contributed by atoms with Gasteiger partial charge in [0.1, 0.15) is 23.9 Å². The van der Waals surface area contributed by atoms with Crippen LogP contribution in [0.5, 0.6) is 11.5 Å². The van der Waals surface area contributed by atoms with Crippen molar-refractivity contribution in [2.24, 2.45) is 0 Å². The molecule has 0 radical (unpaired) electrons. The first kappa shape index (κ1) is 13.9. The third-order valence-electron chi connectivity index (χ3n) is 3.16. The van der Waals surface area contributed by atoms with Crippen molar-refractivity contribution in [3.05, 3.63) is 58.4 Å². The number of fused-ring (bicyclic) bond motifs is 1. The van der Waals surface area contributed by atoms with Gasteiger partial charge in [-0.2, -0.15) is 0 Å². The Bertz CT molecular complexity index is 811. The summed E-state index contributed by atoms with van der Waals surface area (Å²) in [4.78, 5) is 17.7. The van der Waals surface area contributed by atoms with Crippen LogP contribution in [0.2, 0.25) is 0 Å². The number of rotatable bonds is 5. The van der Waals surface area contributed by atoms with Gasteiger partial charge in [0, 0.05) is 12.1 Å². The number of aromatic amines is 1. The number of hydrogen-bond donors (Lipinski definition) is 1. The van der Waals surface area contributed by atoms with Crippen LogP contribution < -0.4 is 9.47 Å². The lowest BCUT2D eigenvalue weighted by atomic mass is 10.3. The smallest absolute Gasteiger partial charge is 0.271 e. The molecule has 0 saturated carbocycles. The first-order valence-electron chi connectivity index (χ1n) is 6.55. The van der Waals surface area contributed by atoms with E-state index in [1.807, 2.05) is 0 Å². The fourth-order valence-electron chi connectivity index (χ4n) is 2.06. The van der Waals surface area contributed by atoms with Crippen molar-refractivity contribution in [1.29, 1.82) is 0 Å². The molecule has 0 aliphatic carbocycles. The standard InChI is InChI=1S/C15H13N3O4/c1-21-11-3-5-12(6-4-11)22-9-15-16-13-7-2-10(18(19)20)8-14(13)17-15/h2-8H,9H2,1H3,(H,16,17). The van der Waals surface area contributed by atoms with E-state index in [1.54, 1.807) is 37.4 Å².